The molecule has 0 bridgehead atoms. The van der Waals surface area contributed by atoms with Gasteiger partial charge in [0.05, 0.1) is 22.8 Å². The van der Waals surface area contributed by atoms with E-state index in [0.717, 1.165) is 69.7 Å². The molecule has 78 heavy (non-hydrogen) atoms. The number of aromatic carboxylic acids is 1. The zero-order valence-electron chi connectivity index (χ0n) is 48.8. The third-order valence-electron chi connectivity index (χ3n) is 13.4. The van der Waals surface area contributed by atoms with Crippen LogP contribution in [0.1, 0.15) is 158 Å². The maximum atomic E-state index is 13.0. The average molecular weight is 1110 g/mol. The molecule has 0 saturated heterocycles. The van der Waals surface area contributed by atoms with Gasteiger partial charge in [-0.2, -0.15) is 0 Å². The Balaban J connectivity index is 0.000000293. The van der Waals surface area contributed by atoms with Gasteiger partial charge in [0.15, 0.2) is 5.43 Å². The molecule has 13 heteroatoms. The van der Waals surface area contributed by atoms with Crippen molar-refractivity contribution in [1.29, 1.82) is 0 Å². The number of ether oxygens (including phenoxy) is 1. The van der Waals surface area contributed by atoms with Gasteiger partial charge in [0.2, 0.25) is 10.9 Å². The van der Waals surface area contributed by atoms with Crippen molar-refractivity contribution < 1.29 is 19.4 Å². The van der Waals surface area contributed by atoms with Crippen molar-refractivity contribution in [2.45, 2.75) is 159 Å². The number of benzene rings is 3. The third kappa shape index (κ3) is 14.3. The predicted molar refractivity (Wildman–Crippen MR) is 335 cm³/mol. The first kappa shape index (κ1) is 65.6. The molecular weight excluding hydrogens is 1030 g/mol. The minimum atomic E-state index is -1.17. The molecule has 0 unspecified atom stereocenters. The second-order valence-electron chi connectivity index (χ2n) is 18.4. The van der Waals surface area contributed by atoms with Crippen LogP contribution < -0.4 is 16.3 Å². The number of hydrogen-bond donors (Lipinski definition) is 1. The SMILES string of the molecule is C.CC.CC.CC.CCOC(=O)c1c(C)n(Cc2ccc(C)cc2)c2sc(C)c(C)c2c1=O.Cc1ccc(Cn2c(C)c(C(=O)O)c(=O)c3c(C)c(C)sc32)cc1.Cc1ccc(Cn2c(C)cc(=O)c3c(C)c(C)sc32)cc1. The second-order valence-corrected chi connectivity index (χ2v) is 22.0. The highest BCUT2D eigenvalue weighted by molar-refractivity contribution is 7.19. The molecule has 418 valence electrons. The summed E-state index contributed by atoms with van der Waals surface area (Å²) in [4.78, 5) is 68.3. The smallest absolute Gasteiger partial charge is 0.343 e. The van der Waals surface area contributed by atoms with Crippen LogP contribution in [0.2, 0.25) is 0 Å². The average Bonchev–Trinajstić information content (AvgIpc) is 4.09. The van der Waals surface area contributed by atoms with Gasteiger partial charge in [0.25, 0.3) is 0 Å². The van der Waals surface area contributed by atoms with Crippen LogP contribution in [0.4, 0.5) is 0 Å². The lowest BCUT2D eigenvalue weighted by molar-refractivity contribution is 0.0522. The van der Waals surface area contributed by atoms with Crippen LogP contribution in [0.5, 0.6) is 0 Å². The number of hydrogen-bond acceptors (Lipinski definition) is 9. The van der Waals surface area contributed by atoms with Gasteiger partial charge in [-0.05, 0) is 123 Å². The molecule has 0 atom stereocenters. The number of carboxylic acid groups (broad SMARTS) is 1. The van der Waals surface area contributed by atoms with Gasteiger partial charge in [-0.1, -0.05) is 138 Å². The molecule has 0 aliphatic carbocycles. The fourth-order valence-electron chi connectivity index (χ4n) is 8.78. The zero-order chi connectivity index (χ0) is 57.7. The summed E-state index contributed by atoms with van der Waals surface area (Å²) in [6.07, 6.45) is 0. The summed E-state index contributed by atoms with van der Waals surface area (Å²) >= 11 is 4.87. The first-order valence-corrected chi connectivity index (χ1v) is 29.0. The Labute approximate surface area is 474 Å². The van der Waals surface area contributed by atoms with Gasteiger partial charge in [-0.15, -0.1) is 34.0 Å². The molecule has 0 aliphatic heterocycles. The Kier molecular flexibility index (Phi) is 24.7. The Morgan fingerprint density at radius 2 is 0.782 bits per heavy atom. The van der Waals surface area contributed by atoms with E-state index >= 15 is 0 Å². The lowest BCUT2D eigenvalue weighted by Gasteiger charge is -2.16. The van der Waals surface area contributed by atoms with Crippen LogP contribution in [0.15, 0.2) is 93.2 Å². The Hall–Kier alpha value is -6.67. The molecule has 3 aromatic carbocycles. The maximum Gasteiger partial charge on any atom is 0.343 e. The summed E-state index contributed by atoms with van der Waals surface area (Å²) in [7, 11) is 0. The van der Waals surface area contributed by atoms with Gasteiger partial charge in [-0.3, -0.25) is 14.4 Å². The molecule has 9 rings (SSSR count). The van der Waals surface area contributed by atoms with E-state index in [1.54, 1.807) is 53.9 Å². The predicted octanol–water partition coefficient (Wildman–Crippen LogP) is 16.6. The van der Waals surface area contributed by atoms with Crippen molar-refractivity contribution in [3.63, 3.8) is 0 Å². The number of thiophene rings is 3. The molecule has 10 nitrogen and oxygen atoms in total. The van der Waals surface area contributed by atoms with E-state index in [9.17, 15) is 29.1 Å². The number of fused-ring (bicyclic) bond motifs is 3. The first-order valence-electron chi connectivity index (χ1n) is 26.6. The van der Waals surface area contributed by atoms with E-state index in [0.29, 0.717) is 35.2 Å². The third-order valence-corrected chi connectivity index (χ3v) is 17.1. The molecule has 0 spiro atoms. The van der Waals surface area contributed by atoms with E-state index in [4.69, 9.17) is 4.74 Å². The number of pyridine rings is 3. The molecule has 1 N–H and O–H groups in total. The van der Waals surface area contributed by atoms with Crippen molar-refractivity contribution in [2.24, 2.45) is 0 Å². The number of esters is 1. The number of aryl methyl sites for hydroxylation is 10. The molecule has 6 aromatic heterocycles. The van der Waals surface area contributed by atoms with Crippen molar-refractivity contribution >= 4 is 76.6 Å². The van der Waals surface area contributed by atoms with E-state index in [1.165, 1.54) is 27.1 Å². The van der Waals surface area contributed by atoms with Crippen molar-refractivity contribution in [2.75, 3.05) is 6.61 Å². The highest BCUT2D eigenvalue weighted by Crippen LogP contribution is 2.33. The number of aromatic nitrogens is 3. The number of rotatable bonds is 9. The fraction of sp³-hybridized carbons (Fsp3) is 0.369. The number of carbonyl (C=O) groups is 2. The fourth-order valence-corrected chi connectivity index (χ4v) is 12.4. The molecule has 6 heterocycles. The van der Waals surface area contributed by atoms with Gasteiger partial charge >= 0.3 is 11.9 Å². The number of nitrogens with zero attached hydrogens (tertiary/aromatic N) is 3. The van der Waals surface area contributed by atoms with E-state index < -0.39 is 11.9 Å². The molecule has 0 aliphatic rings. The summed E-state index contributed by atoms with van der Waals surface area (Å²) in [5.41, 5.74) is 11.8. The largest absolute Gasteiger partial charge is 0.477 e. The quantitative estimate of drug-likeness (QED) is 0.142. The number of carbonyl (C=O) groups excluding carboxylic acids is 1. The standard InChI is InChI=1S/C21H23NO3S.C19H19NO3S.C18H19NOS.3C2H6.CH4/c1-6-25-21(24)18-14(4)22(11-16-9-7-12(2)8-10-16)20-17(19(18)23)13(3)15(5)26-20;1-10-5-7-14(8-6-10)9-20-12(3)16(19(22)23)17(21)15-11(2)13(4)24-18(15)20;1-11-5-7-15(8-6-11)10-19-12(2)9-16(20)17-13(3)14(4)21-18(17)19;3*1-2;/h7-10H,6,11H2,1-5H3;5-8H,9H2,1-4H3,(H,22,23);5-9H,10H2,1-4H3;3*1-2H3;1H4. The second kappa shape index (κ2) is 29.3. The number of carboxylic acids is 1. The molecule has 0 radical (unpaired) electrons. The Bertz CT molecular complexity index is 3700. The normalized spacial score (nSPS) is 10.4. The van der Waals surface area contributed by atoms with Gasteiger partial charge in [-0.25, -0.2) is 9.59 Å². The molecule has 0 fully saturated rings. The molecule has 9 aromatic rings. The maximum absolute atomic E-state index is 13.0. The summed E-state index contributed by atoms with van der Waals surface area (Å²) < 4.78 is 11.4. The van der Waals surface area contributed by atoms with Gasteiger partial charge < -0.3 is 23.5 Å². The van der Waals surface area contributed by atoms with Crippen LogP contribution >= 0.6 is 34.0 Å². The summed E-state index contributed by atoms with van der Waals surface area (Å²) in [6, 6.07) is 26.8. The molecule has 0 saturated carbocycles. The van der Waals surface area contributed by atoms with Crippen LogP contribution in [-0.4, -0.2) is 37.4 Å². The minimum Gasteiger partial charge on any atom is -0.477 e. The van der Waals surface area contributed by atoms with Crippen LogP contribution in [0.25, 0.3) is 30.6 Å². The Morgan fingerprint density at radius 3 is 1.13 bits per heavy atom. The zero-order valence-corrected chi connectivity index (χ0v) is 51.2. The van der Waals surface area contributed by atoms with Gasteiger partial charge in [0.1, 0.15) is 25.6 Å². The Morgan fingerprint density at radius 1 is 0.474 bits per heavy atom. The summed E-state index contributed by atoms with van der Waals surface area (Å²) in [5.74, 6) is -1.71. The minimum absolute atomic E-state index is 0. The molecular formula is C65H83N3O7S3. The van der Waals surface area contributed by atoms with Crippen LogP contribution in [0.3, 0.4) is 0 Å². The highest BCUT2D eigenvalue weighted by atomic mass is 32.1. The summed E-state index contributed by atoms with van der Waals surface area (Å²) in [6.45, 7) is 39.6. The molecule has 0 amide bonds. The van der Waals surface area contributed by atoms with Crippen molar-refractivity contribution in [3.8, 4) is 0 Å². The topological polar surface area (TPSA) is 130 Å². The van der Waals surface area contributed by atoms with Crippen molar-refractivity contribution in [1.82, 2.24) is 13.7 Å². The lowest BCUT2D eigenvalue weighted by atomic mass is 10.1. The monoisotopic (exact) mass is 1110 g/mol. The highest BCUT2D eigenvalue weighted by Gasteiger charge is 2.25. The van der Waals surface area contributed by atoms with Crippen LogP contribution in [-0.2, 0) is 24.4 Å². The van der Waals surface area contributed by atoms with E-state index in [1.807, 2.05) is 126 Å². The summed E-state index contributed by atoms with van der Waals surface area (Å²) in [5, 5.41) is 11.6. The lowest BCUT2D eigenvalue weighted by Crippen LogP contribution is -2.24. The van der Waals surface area contributed by atoms with Gasteiger partial charge in [0, 0.05) is 57.4 Å². The first-order chi connectivity index (χ1) is 36.6. The van der Waals surface area contributed by atoms with Crippen LogP contribution in [0, 0.1) is 83.1 Å². The van der Waals surface area contributed by atoms with E-state index in [2.05, 4.69) is 78.4 Å². The van der Waals surface area contributed by atoms with E-state index in [-0.39, 0.29) is 41.4 Å². The van der Waals surface area contributed by atoms with Crippen molar-refractivity contribution in [3.05, 3.63) is 202 Å².